The molecule has 5 rings (SSSR count). The van der Waals surface area contributed by atoms with Crippen molar-refractivity contribution in [3.05, 3.63) is 76.3 Å². The molecule has 3 aromatic carbocycles. The molecule has 2 N–H and O–H groups in total. The van der Waals surface area contributed by atoms with Gasteiger partial charge in [-0.25, -0.2) is 8.42 Å². The summed E-state index contributed by atoms with van der Waals surface area (Å²) in [5.41, 5.74) is 10.1. The first-order chi connectivity index (χ1) is 15.9. The second-order valence-electron chi connectivity index (χ2n) is 9.28. The number of nitrogens with zero attached hydrogens (tertiary/aromatic N) is 2. The van der Waals surface area contributed by atoms with E-state index in [0.29, 0.717) is 28.9 Å². The summed E-state index contributed by atoms with van der Waals surface area (Å²) >= 11 is 6.05. The van der Waals surface area contributed by atoms with Crippen LogP contribution in [0, 0.1) is 5.92 Å². The summed E-state index contributed by atoms with van der Waals surface area (Å²) < 4.78 is 28.1. The van der Waals surface area contributed by atoms with Gasteiger partial charge in [0.1, 0.15) is 0 Å². The van der Waals surface area contributed by atoms with E-state index in [2.05, 4.69) is 23.1 Å². The normalized spacial score (nSPS) is 19.5. The zero-order chi connectivity index (χ0) is 23.0. The number of nitrogens with two attached hydrogens (primary N) is 1. The highest BCUT2D eigenvalue weighted by atomic mass is 35.5. The summed E-state index contributed by atoms with van der Waals surface area (Å²) in [6.45, 7) is 4.10. The molecule has 1 unspecified atom stereocenters. The Balaban J connectivity index is 0.00000274. The number of hydrogen-bond acceptors (Lipinski definition) is 4. The number of aryl methyl sites for hydroxylation is 1. The van der Waals surface area contributed by atoms with Crippen LogP contribution in [0.1, 0.15) is 23.1 Å². The molecule has 3 aromatic rings. The Labute approximate surface area is 213 Å². The van der Waals surface area contributed by atoms with Crippen LogP contribution in [0.2, 0.25) is 5.02 Å². The van der Waals surface area contributed by atoms with Crippen molar-refractivity contribution < 1.29 is 8.42 Å². The number of rotatable bonds is 5. The average Bonchev–Trinajstić information content (AvgIpc) is 2.83. The van der Waals surface area contributed by atoms with E-state index in [-0.39, 0.29) is 12.4 Å². The largest absolute Gasteiger partial charge is 0.330 e. The van der Waals surface area contributed by atoms with E-state index >= 15 is 0 Å². The molecule has 0 amide bonds. The molecule has 8 heteroatoms. The van der Waals surface area contributed by atoms with E-state index in [4.69, 9.17) is 17.3 Å². The Morgan fingerprint density at radius 3 is 2.41 bits per heavy atom. The summed E-state index contributed by atoms with van der Waals surface area (Å²) in [6, 6.07) is 17.6. The van der Waals surface area contributed by atoms with Crippen molar-refractivity contribution in [1.82, 2.24) is 9.21 Å². The molecule has 0 spiro atoms. The molecule has 0 aromatic heterocycles. The van der Waals surface area contributed by atoms with E-state index in [0.717, 1.165) is 49.8 Å². The maximum Gasteiger partial charge on any atom is 0.243 e. The first-order valence-corrected chi connectivity index (χ1v) is 13.5. The molecular weight excluding hydrogens is 489 g/mol. The van der Waals surface area contributed by atoms with E-state index in [1.165, 1.54) is 23.1 Å². The van der Waals surface area contributed by atoms with Crippen LogP contribution in [0.4, 0.5) is 0 Å². The van der Waals surface area contributed by atoms with Gasteiger partial charge in [-0.15, -0.1) is 12.4 Å². The van der Waals surface area contributed by atoms with Crippen LogP contribution in [-0.4, -0.2) is 50.3 Å². The maximum absolute atomic E-state index is 13.2. The summed E-state index contributed by atoms with van der Waals surface area (Å²) in [6.07, 6.45) is 3.37. The van der Waals surface area contributed by atoms with Crippen molar-refractivity contribution in [2.75, 3.05) is 32.7 Å². The fraction of sp³-hybridized carbons (Fsp3) is 0.385. The quantitative estimate of drug-likeness (QED) is 0.539. The summed E-state index contributed by atoms with van der Waals surface area (Å²) in [4.78, 5) is 2.69. The van der Waals surface area contributed by atoms with E-state index in [1.54, 1.807) is 22.5 Å². The molecule has 1 fully saturated rings. The smallest absolute Gasteiger partial charge is 0.243 e. The van der Waals surface area contributed by atoms with Gasteiger partial charge in [-0.05, 0) is 83.5 Å². The van der Waals surface area contributed by atoms with Gasteiger partial charge in [0.15, 0.2) is 0 Å². The van der Waals surface area contributed by atoms with Gasteiger partial charge >= 0.3 is 0 Å². The number of piperazine rings is 1. The number of halogens is 2. The second kappa shape index (κ2) is 10.5. The average molecular weight is 521 g/mol. The molecule has 5 nitrogen and oxygen atoms in total. The van der Waals surface area contributed by atoms with Gasteiger partial charge in [0.05, 0.1) is 4.90 Å². The van der Waals surface area contributed by atoms with Gasteiger partial charge in [0.2, 0.25) is 10.0 Å². The predicted octanol–water partition coefficient (Wildman–Crippen LogP) is 4.49. The minimum absolute atomic E-state index is 0. The molecular formula is C26H31Cl2N3O2S. The van der Waals surface area contributed by atoms with Crippen LogP contribution in [0.5, 0.6) is 0 Å². The number of hydrogen-bond donors (Lipinski definition) is 1. The Morgan fingerprint density at radius 2 is 1.65 bits per heavy atom. The van der Waals surface area contributed by atoms with Gasteiger partial charge in [-0.3, -0.25) is 4.90 Å². The summed E-state index contributed by atoms with van der Waals surface area (Å²) in [5.74, 6) is 0.610. The molecule has 0 saturated carbocycles. The molecule has 1 aliphatic carbocycles. The molecule has 0 bridgehead atoms. The minimum Gasteiger partial charge on any atom is -0.330 e. The standard InChI is InChI=1S/C26H30ClN3O2S.ClH/c27-25-7-5-24-16-26(8-6-23(24)15-25)33(31,32)30-11-9-29(10-12-30)18-20-2-4-21-13-19(17-28)1-3-22(21)14-20;/h2,4-8,14-16,19H,1,3,9-13,17-18,28H2;1H. The van der Waals surface area contributed by atoms with Crippen molar-refractivity contribution in [3.63, 3.8) is 0 Å². The molecule has 1 saturated heterocycles. The molecule has 182 valence electrons. The Hall–Kier alpha value is -1.67. The highest BCUT2D eigenvalue weighted by Crippen LogP contribution is 2.28. The SMILES string of the molecule is Cl.NCC1CCc2cc(CN3CCN(S(=O)(=O)c4ccc5cc(Cl)ccc5c4)CC3)ccc2C1. The lowest BCUT2D eigenvalue weighted by atomic mass is 9.83. The predicted molar refractivity (Wildman–Crippen MR) is 141 cm³/mol. The highest BCUT2D eigenvalue weighted by Gasteiger charge is 2.29. The Kier molecular flexibility index (Phi) is 7.87. The van der Waals surface area contributed by atoms with Crippen LogP contribution in [-0.2, 0) is 29.4 Å². The highest BCUT2D eigenvalue weighted by molar-refractivity contribution is 7.89. The Bertz CT molecular complexity index is 1270. The third kappa shape index (κ3) is 5.27. The molecule has 1 heterocycles. The van der Waals surface area contributed by atoms with Crippen LogP contribution >= 0.6 is 24.0 Å². The summed E-state index contributed by atoms with van der Waals surface area (Å²) in [5, 5.41) is 2.46. The first-order valence-electron chi connectivity index (χ1n) is 11.6. The van der Waals surface area contributed by atoms with Gasteiger partial charge in [-0.2, -0.15) is 4.31 Å². The lowest BCUT2D eigenvalue weighted by molar-refractivity contribution is 0.181. The molecule has 0 radical (unpaired) electrons. The zero-order valence-corrected chi connectivity index (χ0v) is 21.5. The van der Waals surface area contributed by atoms with Crippen molar-refractivity contribution in [2.45, 2.75) is 30.7 Å². The van der Waals surface area contributed by atoms with E-state index < -0.39 is 10.0 Å². The minimum atomic E-state index is -3.52. The number of fused-ring (bicyclic) bond motifs is 2. The molecule has 2 aliphatic rings. The van der Waals surface area contributed by atoms with Gasteiger partial charge in [0, 0.05) is 37.7 Å². The van der Waals surface area contributed by atoms with Crippen molar-refractivity contribution in [1.29, 1.82) is 0 Å². The van der Waals surface area contributed by atoms with Crippen LogP contribution in [0.25, 0.3) is 10.8 Å². The third-order valence-corrected chi connectivity index (χ3v) is 9.21. The number of benzene rings is 3. The van der Waals surface area contributed by atoms with E-state index in [1.807, 2.05) is 18.2 Å². The molecule has 1 atom stereocenters. The Morgan fingerprint density at radius 1 is 0.912 bits per heavy atom. The number of sulfonamides is 1. The van der Waals surface area contributed by atoms with Crippen molar-refractivity contribution in [3.8, 4) is 0 Å². The van der Waals surface area contributed by atoms with E-state index in [9.17, 15) is 8.42 Å². The fourth-order valence-corrected chi connectivity index (χ4v) is 6.71. The lowest BCUT2D eigenvalue weighted by Gasteiger charge is -2.34. The second-order valence-corrected chi connectivity index (χ2v) is 11.7. The van der Waals surface area contributed by atoms with Gasteiger partial charge < -0.3 is 5.73 Å². The fourth-order valence-electron chi connectivity index (χ4n) is 5.07. The van der Waals surface area contributed by atoms with Gasteiger partial charge in [-0.1, -0.05) is 41.9 Å². The monoisotopic (exact) mass is 519 g/mol. The zero-order valence-electron chi connectivity index (χ0n) is 19.1. The topological polar surface area (TPSA) is 66.6 Å². The first kappa shape index (κ1) is 25.4. The van der Waals surface area contributed by atoms with Crippen molar-refractivity contribution in [2.24, 2.45) is 11.7 Å². The maximum atomic E-state index is 13.2. The molecule has 34 heavy (non-hydrogen) atoms. The summed E-state index contributed by atoms with van der Waals surface area (Å²) in [7, 11) is -3.52. The van der Waals surface area contributed by atoms with Crippen LogP contribution in [0.3, 0.4) is 0 Å². The lowest BCUT2D eigenvalue weighted by Crippen LogP contribution is -2.48. The van der Waals surface area contributed by atoms with Gasteiger partial charge in [0.25, 0.3) is 0 Å². The third-order valence-electron chi connectivity index (χ3n) is 7.08. The van der Waals surface area contributed by atoms with Crippen LogP contribution in [0.15, 0.2) is 59.5 Å². The van der Waals surface area contributed by atoms with Crippen molar-refractivity contribution >= 4 is 44.8 Å². The molecule has 1 aliphatic heterocycles. The van der Waals surface area contributed by atoms with Crippen LogP contribution < -0.4 is 5.73 Å².